The van der Waals surface area contributed by atoms with E-state index in [1.807, 2.05) is 25.1 Å². The molecule has 1 amide bonds. The first-order valence-corrected chi connectivity index (χ1v) is 13.6. The zero-order chi connectivity index (χ0) is 29.4. The van der Waals surface area contributed by atoms with E-state index in [0.29, 0.717) is 5.69 Å². The number of hydrogen-bond acceptors (Lipinski definition) is 7. The van der Waals surface area contributed by atoms with Gasteiger partial charge in [0.05, 0.1) is 16.8 Å². The molecule has 0 radical (unpaired) electrons. The Labute approximate surface area is 240 Å². The Morgan fingerprint density at radius 2 is 1.88 bits per heavy atom. The van der Waals surface area contributed by atoms with Crippen molar-refractivity contribution in [2.24, 2.45) is 0 Å². The number of anilines is 1. The second-order valence-electron chi connectivity index (χ2n) is 10.7. The summed E-state index contributed by atoms with van der Waals surface area (Å²) in [5, 5.41) is 3.49. The molecule has 0 saturated carbocycles. The number of benzene rings is 1. The first kappa shape index (κ1) is 27.3. The smallest absolute Gasteiger partial charge is 0.387 e. The number of aryl methyl sites for hydroxylation is 1. The number of nitrogens with one attached hydrogen (secondary N) is 3. The minimum absolute atomic E-state index is 0.110. The van der Waals surface area contributed by atoms with Crippen molar-refractivity contribution in [3.8, 4) is 28.3 Å². The maximum Gasteiger partial charge on any atom is 0.387 e. The Hall–Kier alpha value is -4.87. The molecule has 42 heavy (non-hydrogen) atoms. The summed E-state index contributed by atoms with van der Waals surface area (Å²) in [5.74, 6) is 1.60. The molecular formula is C30H30F2N8O2. The summed E-state index contributed by atoms with van der Waals surface area (Å²) < 4.78 is 30.0. The number of hydrogen-bond donors (Lipinski definition) is 3. The number of piperidine rings is 1. The van der Waals surface area contributed by atoms with Gasteiger partial charge < -0.3 is 24.9 Å². The van der Waals surface area contributed by atoms with Crippen LogP contribution in [-0.4, -0.2) is 62.6 Å². The first-order chi connectivity index (χ1) is 20.2. The van der Waals surface area contributed by atoms with Gasteiger partial charge in [0.2, 0.25) is 0 Å². The number of imidazole rings is 1. The maximum absolute atomic E-state index is 12.7. The molecule has 0 unspecified atom stereocenters. The van der Waals surface area contributed by atoms with Crippen molar-refractivity contribution in [2.75, 3.05) is 25.0 Å². The van der Waals surface area contributed by atoms with E-state index in [2.05, 4.69) is 46.8 Å². The molecule has 216 valence electrons. The molecule has 1 aliphatic rings. The minimum atomic E-state index is -2.88. The zero-order valence-corrected chi connectivity index (χ0v) is 23.4. The molecule has 1 fully saturated rings. The van der Waals surface area contributed by atoms with E-state index in [0.717, 1.165) is 76.8 Å². The standard InChI is InChI=1S/C30H30F2N8O2/c1-17-24(18-5-4-6-20(13-18)42-29(31)32)39-28(37-17)30(2)9-11-40(12-10-30)26-21-14-23(38-25(21)35-16-36-26)19-7-8-22(34-15-19)27(41)33-3/h4-8,13-16,29H,9-12H2,1-3H3,(H,33,41)(H,37,39)(H,35,36,38). The van der Waals surface area contributed by atoms with Crippen molar-refractivity contribution in [1.82, 2.24) is 35.2 Å². The Morgan fingerprint density at radius 1 is 1.07 bits per heavy atom. The number of nitrogens with zero attached hydrogens (tertiary/aromatic N) is 5. The number of aromatic amines is 2. The largest absolute Gasteiger partial charge is 0.435 e. The Bertz CT molecular complexity index is 1740. The van der Waals surface area contributed by atoms with E-state index >= 15 is 0 Å². The SMILES string of the molecule is CNC(=O)c1ccc(-c2cc3c(N4CCC(C)(c5nc(C)c(-c6cccc(OC(F)F)c6)[nH]5)CC4)ncnc3[nH]2)cn1. The molecule has 1 saturated heterocycles. The van der Waals surface area contributed by atoms with Crippen LogP contribution >= 0.6 is 0 Å². The highest BCUT2D eigenvalue weighted by atomic mass is 19.3. The average molecular weight is 573 g/mol. The van der Waals surface area contributed by atoms with Crippen LogP contribution in [-0.2, 0) is 5.41 Å². The quantitative estimate of drug-likeness (QED) is 0.244. The molecule has 5 aromatic rings. The number of alkyl halides is 2. The fourth-order valence-electron chi connectivity index (χ4n) is 5.45. The summed E-state index contributed by atoms with van der Waals surface area (Å²) in [5.41, 5.74) is 4.89. The van der Waals surface area contributed by atoms with Crippen molar-refractivity contribution >= 4 is 22.8 Å². The van der Waals surface area contributed by atoms with Crippen LogP contribution in [0.4, 0.5) is 14.6 Å². The summed E-state index contributed by atoms with van der Waals surface area (Å²) in [6.07, 6.45) is 4.90. The molecule has 1 aromatic carbocycles. The van der Waals surface area contributed by atoms with Gasteiger partial charge in [-0.15, -0.1) is 0 Å². The Morgan fingerprint density at radius 3 is 2.60 bits per heavy atom. The highest BCUT2D eigenvalue weighted by molar-refractivity contribution is 5.93. The summed E-state index contributed by atoms with van der Waals surface area (Å²) in [6, 6.07) is 12.2. The molecule has 6 rings (SSSR count). The number of halogens is 2. The van der Waals surface area contributed by atoms with Crippen molar-refractivity contribution in [1.29, 1.82) is 0 Å². The fraction of sp³-hybridized carbons (Fsp3) is 0.300. The lowest BCUT2D eigenvalue weighted by atomic mass is 9.79. The van der Waals surface area contributed by atoms with E-state index in [4.69, 9.17) is 4.98 Å². The van der Waals surface area contributed by atoms with Crippen molar-refractivity contribution < 1.29 is 18.3 Å². The summed E-state index contributed by atoms with van der Waals surface area (Å²) in [6.45, 7) is 2.76. The number of aromatic nitrogens is 6. The molecule has 5 heterocycles. The Balaban J connectivity index is 1.21. The van der Waals surface area contributed by atoms with E-state index in [1.165, 1.54) is 6.07 Å². The topological polar surface area (TPSA) is 125 Å². The molecule has 10 nitrogen and oxygen atoms in total. The van der Waals surface area contributed by atoms with E-state index in [9.17, 15) is 13.6 Å². The van der Waals surface area contributed by atoms with Crippen LogP contribution in [0.5, 0.6) is 5.75 Å². The number of fused-ring (bicyclic) bond motifs is 1. The minimum Gasteiger partial charge on any atom is -0.435 e. The van der Waals surface area contributed by atoms with Crippen LogP contribution in [0, 0.1) is 6.92 Å². The number of rotatable bonds is 7. The zero-order valence-electron chi connectivity index (χ0n) is 23.4. The van der Waals surface area contributed by atoms with Gasteiger partial charge >= 0.3 is 6.61 Å². The van der Waals surface area contributed by atoms with Crippen LogP contribution in [0.1, 0.15) is 41.8 Å². The van der Waals surface area contributed by atoms with Crippen molar-refractivity contribution in [2.45, 2.75) is 38.7 Å². The van der Waals surface area contributed by atoms with Gasteiger partial charge in [0.1, 0.15) is 35.1 Å². The van der Waals surface area contributed by atoms with Gasteiger partial charge in [-0.25, -0.2) is 15.0 Å². The fourth-order valence-corrected chi connectivity index (χ4v) is 5.45. The molecule has 3 N–H and O–H groups in total. The van der Waals surface area contributed by atoms with Crippen LogP contribution in [0.25, 0.3) is 33.5 Å². The third-order valence-corrected chi connectivity index (χ3v) is 7.91. The van der Waals surface area contributed by atoms with E-state index < -0.39 is 6.61 Å². The van der Waals surface area contributed by atoms with Gasteiger partial charge in [0, 0.05) is 48.6 Å². The van der Waals surface area contributed by atoms with Gasteiger partial charge in [0.15, 0.2) is 0 Å². The molecule has 0 spiro atoms. The highest BCUT2D eigenvalue weighted by Gasteiger charge is 2.36. The van der Waals surface area contributed by atoms with Crippen LogP contribution in [0.2, 0.25) is 0 Å². The molecular weight excluding hydrogens is 542 g/mol. The molecule has 4 aromatic heterocycles. The third-order valence-electron chi connectivity index (χ3n) is 7.91. The lowest BCUT2D eigenvalue weighted by Gasteiger charge is -2.38. The first-order valence-electron chi connectivity index (χ1n) is 13.6. The summed E-state index contributed by atoms with van der Waals surface area (Å²) >= 11 is 0. The third kappa shape index (κ3) is 5.15. The number of H-pyrrole nitrogens is 2. The van der Waals surface area contributed by atoms with Gasteiger partial charge in [-0.3, -0.25) is 9.78 Å². The van der Waals surface area contributed by atoms with Crippen molar-refractivity contribution in [3.63, 3.8) is 0 Å². The lowest BCUT2D eigenvalue weighted by molar-refractivity contribution is -0.0498. The van der Waals surface area contributed by atoms with E-state index in [1.54, 1.807) is 37.8 Å². The molecule has 1 aliphatic heterocycles. The number of amides is 1. The average Bonchev–Trinajstić information content (AvgIpc) is 3.61. The maximum atomic E-state index is 12.7. The number of pyridine rings is 1. The van der Waals surface area contributed by atoms with Crippen LogP contribution in [0.3, 0.4) is 0 Å². The Kier molecular flexibility index (Phi) is 7.05. The highest BCUT2D eigenvalue weighted by Crippen LogP contribution is 2.38. The van der Waals surface area contributed by atoms with Gasteiger partial charge in [-0.05, 0) is 50.1 Å². The number of carbonyl (C=O) groups is 1. The predicted octanol–water partition coefficient (Wildman–Crippen LogP) is 5.24. The number of carbonyl (C=O) groups excluding carboxylic acids is 1. The monoisotopic (exact) mass is 572 g/mol. The van der Waals surface area contributed by atoms with Gasteiger partial charge in [0.25, 0.3) is 5.91 Å². The second-order valence-corrected chi connectivity index (χ2v) is 10.7. The lowest BCUT2D eigenvalue weighted by Crippen LogP contribution is -2.42. The van der Waals surface area contributed by atoms with Gasteiger partial charge in [-0.2, -0.15) is 8.78 Å². The van der Waals surface area contributed by atoms with E-state index in [-0.39, 0.29) is 17.1 Å². The predicted molar refractivity (Wildman–Crippen MR) is 155 cm³/mol. The molecule has 0 aliphatic carbocycles. The summed E-state index contributed by atoms with van der Waals surface area (Å²) in [7, 11) is 1.57. The second kappa shape index (κ2) is 10.8. The number of ether oxygens (including phenoxy) is 1. The van der Waals surface area contributed by atoms with Crippen LogP contribution in [0.15, 0.2) is 55.0 Å². The molecule has 0 bridgehead atoms. The van der Waals surface area contributed by atoms with Gasteiger partial charge in [-0.1, -0.05) is 19.1 Å². The molecule has 0 atom stereocenters. The summed E-state index contributed by atoms with van der Waals surface area (Å²) in [4.78, 5) is 39.1. The van der Waals surface area contributed by atoms with Crippen molar-refractivity contribution in [3.05, 3.63) is 72.2 Å². The normalized spacial score (nSPS) is 14.9. The van der Waals surface area contributed by atoms with Crippen LogP contribution < -0.4 is 15.0 Å². The molecule has 12 heteroatoms.